The van der Waals surface area contributed by atoms with Crippen LogP contribution in [0.25, 0.3) is 0 Å². The fraction of sp³-hybridized carbons (Fsp3) is 0.286. The molecule has 19 heavy (non-hydrogen) atoms. The number of nitrogens with zero attached hydrogens (tertiary/aromatic N) is 1. The quantitative estimate of drug-likeness (QED) is 0.827. The molecule has 5 heteroatoms. The van der Waals surface area contributed by atoms with Crippen LogP contribution in [0.2, 0.25) is 0 Å². The van der Waals surface area contributed by atoms with Crippen LogP contribution in [0.3, 0.4) is 0 Å². The highest BCUT2D eigenvalue weighted by Crippen LogP contribution is 2.34. The third kappa shape index (κ3) is 2.12. The Kier molecular flexibility index (Phi) is 3.03. The second-order valence-corrected chi connectivity index (χ2v) is 5.34. The number of H-pyrrole nitrogens is 1. The number of alkyl halides is 1. The number of halogens is 1. The number of amides is 1. The molecule has 1 aliphatic rings. The van der Waals surface area contributed by atoms with E-state index in [9.17, 15) is 4.79 Å². The van der Waals surface area contributed by atoms with E-state index < -0.39 is 0 Å². The van der Waals surface area contributed by atoms with Gasteiger partial charge in [-0.25, -0.2) is 0 Å². The number of nitrogens with one attached hydrogen (secondary N) is 2. The molecule has 2 atom stereocenters. The van der Waals surface area contributed by atoms with Crippen LogP contribution in [0.5, 0.6) is 0 Å². The molecule has 0 aliphatic heterocycles. The molecule has 1 amide bonds. The van der Waals surface area contributed by atoms with Crippen molar-refractivity contribution in [2.75, 3.05) is 0 Å². The van der Waals surface area contributed by atoms with Crippen LogP contribution >= 0.6 is 11.6 Å². The lowest BCUT2D eigenvalue weighted by molar-refractivity contribution is 0.0936. The zero-order chi connectivity index (χ0) is 13.4. The summed E-state index contributed by atoms with van der Waals surface area (Å²) in [7, 11) is 0. The second kappa shape index (κ2) is 4.70. The Hall–Kier alpha value is -1.81. The van der Waals surface area contributed by atoms with Gasteiger partial charge in [-0.3, -0.25) is 9.89 Å². The number of hydrogen-bond acceptors (Lipinski definition) is 2. The minimum atomic E-state index is -0.140. The molecular weight excluding hydrogens is 262 g/mol. The van der Waals surface area contributed by atoms with Gasteiger partial charge >= 0.3 is 0 Å². The largest absolute Gasteiger partial charge is 0.344 e. The molecule has 1 aliphatic carbocycles. The molecule has 4 nitrogen and oxygen atoms in total. The van der Waals surface area contributed by atoms with Gasteiger partial charge in [0.1, 0.15) is 0 Å². The molecule has 2 aromatic rings. The Morgan fingerprint density at radius 1 is 1.47 bits per heavy atom. The highest BCUT2D eigenvalue weighted by Gasteiger charge is 2.32. The summed E-state index contributed by atoms with van der Waals surface area (Å²) in [5, 5.41) is 9.52. The summed E-state index contributed by atoms with van der Waals surface area (Å²) in [4.78, 5) is 12.2. The molecule has 0 bridgehead atoms. The predicted molar refractivity (Wildman–Crippen MR) is 73.3 cm³/mol. The topological polar surface area (TPSA) is 57.8 Å². The predicted octanol–water partition coefficient (Wildman–Crippen LogP) is 2.35. The maximum Gasteiger partial charge on any atom is 0.255 e. The molecule has 1 aromatic heterocycles. The third-order valence-electron chi connectivity index (χ3n) is 3.53. The van der Waals surface area contributed by atoms with E-state index in [4.69, 9.17) is 11.6 Å². The highest BCUT2D eigenvalue weighted by molar-refractivity contribution is 6.21. The number of aryl methyl sites for hydroxylation is 1. The average Bonchev–Trinajstić information content (AvgIpc) is 2.94. The number of aromatic amines is 1. The molecule has 0 saturated carbocycles. The summed E-state index contributed by atoms with van der Waals surface area (Å²) < 4.78 is 0. The summed E-state index contributed by atoms with van der Waals surface area (Å²) in [6.45, 7) is 1.82. The first kappa shape index (κ1) is 12.2. The van der Waals surface area contributed by atoms with Gasteiger partial charge < -0.3 is 5.32 Å². The van der Waals surface area contributed by atoms with Crippen LogP contribution < -0.4 is 5.32 Å². The van der Waals surface area contributed by atoms with Gasteiger partial charge in [-0.15, -0.1) is 11.6 Å². The Morgan fingerprint density at radius 2 is 2.26 bits per heavy atom. The van der Waals surface area contributed by atoms with Crippen LogP contribution in [-0.4, -0.2) is 21.5 Å². The molecule has 0 radical (unpaired) electrons. The van der Waals surface area contributed by atoms with E-state index in [1.807, 2.05) is 25.1 Å². The van der Waals surface area contributed by atoms with Crippen molar-refractivity contribution in [1.29, 1.82) is 0 Å². The minimum absolute atomic E-state index is 0.103. The van der Waals surface area contributed by atoms with E-state index >= 15 is 0 Å². The molecule has 98 valence electrons. The van der Waals surface area contributed by atoms with E-state index in [1.54, 1.807) is 0 Å². The second-order valence-electron chi connectivity index (χ2n) is 4.78. The SMILES string of the molecule is Cc1[nH]ncc1C(=O)NC1c2ccccc2CC1Cl. The van der Waals surface area contributed by atoms with Crippen LogP contribution in [-0.2, 0) is 6.42 Å². The number of rotatable bonds is 2. The summed E-state index contributed by atoms with van der Waals surface area (Å²) >= 11 is 6.35. The van der Waals surface area contributed by atoms with Gasteiger partial charge in [-0.2, -0.15) is 5.10 Å². The van der Waals surface area contributed by atoms with Crippen LogP contribution in [0, 0.1) is 6.92 Å². The van der Waals surface area contributed by atoms with Crippen molar-refractivity contribution < 1.29 is 4.79 Å². The van der Waals surface area contributed by atoms with Gasteiger partial charge in [0.2, 0.25) is 0 Å². The van der Waals surface area contributed by atoms with Gasteiger partial charge in [-0.05, 0) is 24.5 Å². The van der Waals surface area contributed by atoms with Crippen LogP contribution in [0.15, 0.2) is 30.5 Å². The lowest BCUT2D eigenvalue weighted by Crippen LogP contribution is -2.32. The van der Waals surface area contributed by atoms with Crippen molar-refractivity contribution >= 4 is 17.5 Å². The monoisotopic (exact) mass is 275 g/mol. The lowest BCUT2D eigenvalue weighted by Gasteiger charge is -2.17. The van der Waals surface area contributed by atoms with Gasteiger partial charge in [0, 0.05) is 5.69 Å². The molecule has 1 heterocycles. The minimum Gasteiger partial charge on any atom is -0.344 e. The van der Waals surface area contributed by atoms with E-state index in [-0.39, 0.29) is 17.3 Å². The first-order valence-electron chi connectivity index (χ1n) is 6.19. The molecular formula is C14H14ClN3O. The fourth-order valence-electron chi connectivity index (χ4n) is 2.51. The van der Waals surface area contributed by atoms with E-state index in [1.165, 1.54) is 11.8 Å². The first-order valence-corrected chi connectivity index (χ1v) is 6.63. The van der Waals surface area contributed by atoms with Crippen LogP contribution in [0.1, 0.15) is 33.2 Å². The van der Waals surface area contributed by atoms with Crippen molar-refractivity contribution in [1.82, 2.24) is 15.5 Å². The maximum absolute atomic E-state index is 12.2. The van der Waals surface area contributed by atoms with Gasteiger partial charge in [0.05, 0.1) is 23.2 Å². The number of carbonyl (C=O) groups is 1. The molecule has 2 N–H and O–H groups in total. The lowest BCUT2D eigenvalue weighted by atomic mass is 10.1. The maximum atomic E-state index is 12.2. The van der Waals surface area contributed by atoms with Crippen molar-refractivity contribution in [2.24, 2.45) is 0 Å². The van der Waals surface area contributed by atoms with Gasteiger partial charge in [0.15, 0.2) is 0 Å². The van der Waals surface area contributed by atoms with Gasteiger partial charge in [0.25, 0.3) is 5.91 Å². The van der Waals surface area contributed by atoms with Crippen molar-refractivity contribution in [2.45, 2.75) is 24.8 Å². The zero-order valence-corrected chi connectivity index (χ0v) is 11.2. The Labute approximate surface area is 116 Å². The smallest absolute Gasteiger partial charge is 0.255 e. The van der Waals surface area contributed by atoms with Crippen molar-refractivity contribution in [3.8, 4) is 0 Å². The number of hydrogen-bond donors (Lipinski definition) is 2. The standard InChI is InChI=1S/C14H14ClN3O/c1-8-11(7-16-18-8)14(19)17-13-10-5-3-2-4-9(10)6-12(13)15/h2-5,7,12-13H,6H2,1H3,(H,16,18)(H,17,19). The summed E-state index contributed by atoms with van der Waals surface area (Å²) in [5.41, 5.74) is 3.64. The Balaban J connectivity index is 1.84. The van der Waals surface area contributed by atoms with Crippen molar-refractivity contribution in [3.05, 3.63) is 52.8 Å². The van der Waals surface area contributed by atoms with E-state index in [2.05, 4.69) is 21.6 Å². The fourth-order valence-corrected chi connectivity index (χ4v) is 2.88. The molecule has 0 spiro atoms. The molecule has 0 fully saturated rings. The molecule has 0 saturated heterocycles. The van der Waals surface area contributed by atoms with E-state index in [0.29, 0.717) is 5.56 Å². The number of carbonyl (C=O) groups excluding carboxylic acids is 1. The number of fused-ring (bicyclic) bond motifs is 1. The average molecular weight is 276 g/mol. The van der Waals surface area contributed by atoms with Crippen molar-refractivity contribution in [3.63, 3.8) is 0 Å². The molecule has 3 rings (SSSR count). The summed E-state index contributed by atoms with van der Waals surface area (Å²) in [5.74, 6) is -0.140. The van der Waals surface area contributed by atoms with Gasteiger partial charge in [-0.1, -0.05) is 24.3 Å². The third-order valence-corrected chi connectivity index (χ3v) is 3.93. The normalized spacial score (nSPS) is 21.2. The van der Waals surface area contributed by atoms with E-state index in [0.717, 1.165) is 17.7 Å². The molecule has 2 unspecified atom stereocenters. The summed E-state index contributed by atoms with van der Waals surface area (Å²) in [6.07, 6.45) is 2.32. The molecule has 1 aromatic carbocycles. The summed E-state index contributed by atoms with van der Waals surface area (Å²) in [6, 6.07) is 7.90. The van der Waals surface area contributed by atoms with Crippen LogP contribution in [0.4, 0.5) is 0 Å². The Morgan fingerprint density at radius 3 is 3.00 bits per heavy atom. The first-order chi connectivity index (χ1) is 9.16. The number of benzene rings is 1. The Bertz CT molecular complexity index is 623. The highest BCUT2D eigenvalue weighted by atomic mass is 35.5. The zero-order valence-electron chi connectivity index (χ0n) is 10.5. The number of aromatic nitrogens is 2.